The maximum Gasteiger partial charge on any atom is 0.209 e. The van der Waals surface area contributed by atoms with Crippen LogP contribution in [0.4, 0.5) is 33.2 Å². The van der Waals surface area contributed by atoms with Crippen LogP contribution >= 0.6 is 0 Å². The molecule has 0 unspecified atom stereocenters. The minimum absolute atomic E-state index is 0.219. The van der Waals surface area contributed by atoms with Crippen LogP contribution in [0.2, 0.25) is 0 Å². The van der Waals surface area contributed by atoms with E-state index in [1.807, 2.05) is 6.07 Å². The van der Waals surface area contributed by atoms with Crippen molar-refractivity contribution >= 4 is 40.0 Å². The average molecular weight is 516 g/mol. The number of hydrogen-bond acceptors (Lipinski definition) is 7. The summed E-state index contributed by atoms with van der Waals surface area (Å²) in [6, 6.07) is 17.5. The normalized spacial score (nSPS) is 16.6. The van der Waals surface area contributed by atoms with Crippen LogP contribution in [0.25, 0.3) is 11.2 Å². The number of ether oxygens (including phenoxy) is 1. The topological polar surface area (TPSA) is 79.3 Å². The molecule has 0 spiro atoms. The molecular weight excluding hydrogens is 481 g/mol. The highest BCUT2D eigenvalue weighted by Gasteiger charge is 2.24. The zero-order valence-corrected chi connectivity index (χ0v) is 21.7. The fourth-order valence-corrected chi connectivity index (χ4v) is 5.33. The quantitative estimate of drug-likeness (QED) is 0.305. The second-order valence-electron chi connectivity index (χ2n) is 9.86. The molecule has 2 saturated heterocycles. The van der Waals surface area contributed by atoms with E-state index in [1.54, 1.807) is 12.1 Å². The average Bonchev–Trinajstić information content (AvgIpc) is 3.31. The van der Waals surface area contributed by atoms with E-state index in [-0.39, 0.29) is 11.9 Å². The Labute approximate surface area is 222 Å². The molecule has 2 aliphatic heterocycles. The van der Waals surface area contributed by atoms with Gasteiger partial charge in [-0.3, -0.25) is 4.57 Å². The van der Waals surface area contributed by atoms with Crippen LogP contribution in [0.15, 0.2) is 54.6 Å². The van der Waals surface area contributed by atoms with Gasteiger partial charge >= 0.3 is 0 Å². The fourth-order valence-electron chi connectivity index (χ4n) is 5.33. The first-order valence-corrected chi connectivity index (χ1v) is 13.5. The van der Waals surface area contributed by atoms with Gasteiger partial charge in [0.1, 0.15) is 17.2 Å². The lowest BCUT2D eigenvalue weighted by molar-refractivity contribution is 0.122. The van der Waals surface area contributed by atoms with Crippen molar-refractivity contribution < 1.29 is 9.13 Å². The first-order valence-electron chi connectivity index (χ1n) is 13.5. The summed E-state index contributed by atoms with van der Waals surface area (Å²) in [5, 5.41) is 10.2. The second kappa shape index (κ2) is 11.0. The molecule has 2 aromatic heterocycles. The van der Waals surface area contributed by atoms with Gasteiger partial charge in [0.05, 0.1) is 18.9 Å². The number of fused-ring (bicyclic) bond motifs is 1. The minimum Gasteiger partial charge on any atom is -0.378 e. The van der Waals surface area contributed by atoms with E-state index in [4.69, 9.17) is 14.7 Å². The van der Waals surface area contributed by atoms with E-state index in [2.05, 4.69) is 62.7 Å². The Kier molecular flexibility index (Phi) is 7.11. The number of nitrogens with zero attached hydrogens (tertiary/aromatic N) is 4. The van der Waals surface area contributed by atoms with Crippen LogP contribution in [-0.2, 0) is 11.2 Å². The number of nitrogens with one attached hydrogen (secondary N) is 3. The number of anilines is 5. The van der Waals surface area contributed by atoms with Crippen LogP contribution in [0.5, 0.6) is 0 Å². The van der Waals surface area contributed by atoms with Crippen molar-refractivity contribution in [3.8, 4) is 0 Å². The number of hydrogen-bond donors (Lipinski definition) is 3. The van der Waals surface area contributed by atoms with Gasteiger partial charge in [0.2, 0.25) is 5.95 Å². The van der Waals surface area contributed by atoms with Crippen LogP contribution in [0, 0.1) is 5.82 Å². The van der Waals surface area contributed by atoms with Crippen LogP contribution in [0.3, 0.4) is 0 Å². The van der Waals surface area contributed by atoms with Crippen molar-refractivity contribution in [1.82, 2.24) is 19.9 Å². The molecule has 8 nitrogen and oxygen atoms in total. The first kappa shape index (κ1) is 24.6. The van der Waals surface area contributed by atoms with Crippen molar-refractivity contribution in [2.45, 2.75) is 32.2 Å². The van der Waals surface area contributed by atoms with Gasteiger partial charge in [0.15, 0.2) is 5.65 Å². The molecule has 4 heterocycles. The predicted octanol–water partition coefficient (Wildman–Crippen LogP) is 5.38. The number of halogens is 1. The molecule has 2 fully saturated rings. The molecule has 2 aliphatic rings. The second-order valence-corrected chi connectivity index (χ2v) is 9.86. The summed E-state index contributed by atoms with van der Waals surface area (Å²) in [7, 11) is 0. The Morgan fingerprint density at radius 2 is 1.76 bits per heavy atom. The smallest absolute Gasteiger partial charge is 0.209 e. The first-order chi connectivity index (χ1) is 18.7. The molecule has 0 saturated carbocycles. The molecule has 2 aromatic carbocycles. The molecule has 0 bridgehead atoms. The van der Waals surface area contributed by atoms with Crippen LogP contribution in [-0.4, -0.2) is 53.9 Å². The summed E-state index contributed by atoms with van der Waals surface area (Å²) < 4.78 is 22.2. The highest BCUT2D eigenvalue weighted by molar-refractivity contribution is 5.81. The van der Waals surface area contributed by atoms with E-state index in [0.29, 0.717) is 11.6 Å². The van der Waals surface area contributed by atoms with Gasteiger partial charge in [-0.1, -0.05) is 19.1 Å². The SMILES string of the molecule is CCc1cc2nc(Nc3ccccc3F)n(C3CCNCC3)c2nc1Nc1ccc(N2CCOCC2)cc1. The van der Waals surface area contributed by atoms with Gasteiger partial charge < -0.3 is 25.6 Å². The fraction of sp³-hybridized carbons (Fsp3) is 0.379. The van der Waals surface area contributed by atoms with E-state index in [9.17, 15) is 4.39 Å². The number of imidazole rings is 1. The Hall–Kier alpha value is -3.69. The third-order valence-electron chi connectivity index (χ3n) is 7.43. The van der Waals surface area contributed by atoms with Gasteiger partial charge in [0, 0.05) is 30.5 Å². The number of aromatic nitrogens is 3. The van der Waals surface area contributed by atoms with Crippen LogP contribution < -0.4 is 20.9 Å². The molecule has 3 N–H and O–H groups in total. The number of aryl methyl sites for hydroxylation is 1. The molecule has 0 radical (unpaired) electrons. The third-order valence-corrected chi connectivity index (χ3v) is 7.43. The van der Waals surface area contributed by atoms with Gasteiger partial charge in [-0.25, -0.2) is 14.4 Å². The molecule has 9 heteroatoms. The lowest BCUT2D eigenvalue weighted by Crippen LogP contribution is -2.36. The highest BCUT2D eigenvalue weighted by Crippen LogP contribution is 2.33. The van der Waals surface area contributed by atoms with Crippen molar-refractivity contribution in [2.24, 2.45) is 0 Å². The van der Waals surface area contributed by atoms with Crippen molar-refractivity contribution in [3.63, 3.8) is 0 Å². The minimum atomic E-state index is -0.304. The van der Waals surface area contributed by atoms with E-state index < -0.39 is 0 Å². The van der Waals surface area contributed by atoms with Crippen molar-refractivity contribution in [3.05, 3.63) is 66.0 Å². The molecule has 38 heavy (non-hydrogen) atoms. The number of para-hydroxylation sites is 1. The van der Waals surface area contributed by atoms with Gasteiger partial charge in [-0.2, -0.15) is 0 Å². The molecule has 0 atom stereocenters. The van der Waals surface area contributed by atoms with E-state index >= 15 is 0 Å². The third kappa shape index (κ3) is 5.04. The zero-order chi connectivity index (χ0) is 25.9. The molecular formula is C29H34FN7O. The number of morpholine rings is 1. The van der Waals surface area contributed by atoms with E-state index in [0.717, 1.165) is 86.9 Å². The van der Waals surface area contributed by atoms with Gasteiger partial charge in [-0.15, -0.1) is 0 Å². The van der Waals surface area contributed by atoms with Crippen molar-refractivity contribution in [2.75, 3.05) is 54.9 Å². The zero-order valence-electron chi connectivity index (χ0n) is 21.7. The molecule has 6 rings (SSSR count). The van der Waals surface area contributed by atoms with E-state index in [1.165, 1.54) is 11.8 Å². The Balaban J connectivity index is 1.36. The number of piperidine rings is 1. The summed E-state index contributed by atoms with van der Waals surface area (Å²) in [5.41, 5.74) is 5.30. The molecule has 198 valence electrons. The lowest BCUT2D eigenvalue weighted by Gasteiger charge is -2.29. The predicted molar refractivity (Wildman–Crippen MR) is 150 cm³/mol. The Morgan fingerprint density at radius 1 is 1.00 bits per heavy atom. The summed E-state index contributed by atoms with van der Waals surface area (Å²) in [4.78, 5) is 12.4. The number of rotatable bonds is 7. The molecule has 0 amide bonds. The summed E-state index contributed by atoms with van der Waals surface area (Å²) in [6.07, 6.45) is 2.73. The number of pyridine rings is 1. The molecule has 4 aromatic rings. The Bertz CT molecular complexity index is 1390. The lowest BCUT2D eigenvalue weighted by atomic mass is 10.1. The number of benzene rings is 2. The maximum absolute atomic E-state index is 14.5. The van der Waals surface area contributed by atoms with Crippen LogP contribution in [0.1, 0.15) is 31.4 Å². The van der Waals surface area contributed by atoms with Gasteiger partial charge in [-0.05, 0) is 80.4 Å². The summed E-state index contributed by atoms with van der Waals surface area (Å²) >= 11 is 0. The highest BCUT2D eigenvalue weighted by atomic mass is 19.1. The monoisotopic (exact) mass is 515 g/mol. The van der Waals surface area contributed by atoms with Crippen molar-refractivity contribution in [1.29, 1.82) is 0 Å². The largest absolute Gasteiger partial charge is 0.378 e. The maximum atomic E-state index is 14.5. The summed E-state index contributed by atoms with van der Waals surface area (Å²) in [6.45, 7) is 7.33. The van der Waals surface area contributed by atoms with Gasteiger partial charge in [0.25, 0.3) is 0 Å². The molecule has 0 aliphatic carbocycles. The Morgan fingerprint density at radius 3 is 2.50 bits per heavy atom. The summed E-state index contributed by atoms with van der Waals surface area (Å²) in [5.74, 6) is 1.15. The standard InChI is InChI=1S/C29H34FN7O/c1-2-20-19-26-28(35-27(20)32-21-7-9-22(10-8-21)36-15-17-38-18-16-36)37(23-11-13-31-14-12-23)29(34-26)33-25-6-4-3-5-24(25)30/h3-10,19,23,31H,2,11-18H2,1H3,(H,32,35)(H,33,34).